The molecule has 0 bridgehead atoms. The Balaban J connectivity index is 2.20. The van der Waals surface area contributed by atoms with E-state index in [1.165, 1.54) is 0 Å². The molecule has 0 saturated carbocycles. The zero-order valence-electron chi connectivity index (χ0n) is 11.6. The number of benzene rings is 1. The van der Waals surface area contributed by atoms with Gasteiger partial charge in [-0.25, -0.2) is 15.0 Å². The molecule has 1 aromatic carbocycles. The Hall–Kier alpha value is -1.54. The van der Waals surface area contributed by atoms with Gasteiger partial charge in [0.15, 0.2) is 5.82 Å². The monoisotopic (exact) mass is 408 g/mol. The lowest BCUT2D eigenvalue weighted by atomic mass is 10.1. The Labute approximate surface area is 140 Å². The predicted molar refractivity (Wildman–Crippen MR) is 95.6 cm³/mol. The van der Waals surface area contributed by atoms with Gasteiger partial charge in [-0.3, -0.25) is 0 Å². The second-order valence-corrected chi connectivity index (χ2v) is 6.57. The van der Waals surface area contributed by atoms with E-state index in [4.69, 9.17) is 4.98 Å². The zero-order chi connectivity index (χ0) is 14.8. The summed E-state index contributed by atoms with van der Waals surface area (Å²) < 4.78 is 1.01. The van der Waals surface area contributed by atoms with Crippen LogP contribution in [-0.2, 0) is 0 Å². The summed E-state index contributed by atoms with van der Waals surface area (Å²) in [5, 5.41) is 6.14. The summed E-state index contributed by atoms with van der Waals surface area (Å²) in [5.74, 6) is 1.48. The standard InChI is InChI=1S/C15H13IN4S/c1-9-18-11(8-21-9)14-19-13(10-6-4-3-5-7-10)12(16)15(17-2)20-14/h3-8H,1-2H3,(H,17,19,20). The molecule has 0 spiro atoms. The maximum absolute atomic E-state index is 4.72. The van der Waals surface area contributed by atoms with Gasteiger partial charge < -0.3 is 5.32 Å². The Bertz CT molecular complexity index is 771. The number of nitrogens with one attached hydrogen (secondary N) is 1. The van der Waals surface area contributed by atoms with E-state index < -0.39 is 0 Å². The molecular weight excluding hydrogens is 395 g/mol. The van der Waals surface area contributed by atoms with Crippen LogP contribution in [0.15, 0.2) is 35.7 Å². The van der Waals surface area contributed by atoms with Crippen LogP contribution in [-0.4, -0.2) is 22.0 Å². The van der Waals surface area contributed by atoms with Gasteiger partial charge in [-0.2, -0.15) is 0 Å². The fraction of sp³-hybridized carbons (Fsp3) is 0.133. The first-order valence-corrected chi connectivity index (χ1v) is 8.38. The lowest BCUT2D eigenvalue weighted by Gasteiger charge is -2.10. The highest BCUT2D eigenvalue weighted by molar-refractivity contribution is 14.1. The minimum absolute atomic E-state index is 0.656. The number of halogens is 1. The number of rotatable bonds is 3. The van der Waals surface area contributed by atoms with E-state index in [1.807, 2.05) is 37.6 Å². The summed E-state index contributed by atoms with van der Waals surface area (Å²) >= 11 is 3.89. The first-order chi connectivity index (χ1) is 10.2. The SMILES string of the molecule is CNc1nc(-c2csc(C)n2)nc(-c2ccccc2)c1I. The minimum atomic E-state index is 0.656. The molecule has 21 heavy (non-hydrogen) atoms. The number of aromatic nitrogens is 3. The van der Waals surface area contributed by atoms with Gasteiger partial charge in [-0.1, -0.05) is 30.3 Å². The van der Waals surface area contributed by atoms with Crippen LogP contribution in [0.2, 0.25) is 0 Å². The van der Waals surface area contributed by atoms with Gasteiger partial charge >= 0.3 is 0 Å². The van der Waals surface area contributed by atoms with Crippen LogP contribution in [0.1, 0.15) is 5.01 Å². The molecule has 4 nitrogen and oxygen atoms in total. The third-order valence-corrected chi connectivity index (χ3v) is 4.78. The van der Waals surface area contributed by atoms with E-state index in [2.05, 4.69) is 50.0 Å². The first-order valence-electron chi connectivity index (χ1n) is 6.42. The molecule has 0 fully saturated rings. The number of thiazole rings is 1. The molecular formula is C15H13IN4S. The zero-order valence-corrected chi connectivity index (χ0v) is 14.6. The lowest BCUT2D eigenvalue weighted by Crippen LogP contribution is -2.03. The van der Waals surface area contributed by atoms with Gasteiger partial charge in [-0.15, -0.1) is 11.3 Å². The van der Waals surface area contributed by atoms with Crippen LogP contribution >= 0.6 is 33.9 Å². The molecule has 0 saturated heterocycles. The van der Waals surface area contributed by atoms with Gasteiger partial charge in [0.2, 0.25) is 0 Å². The minimum Gasteiger partial charge on any atom is -0.372 e. The molecule has 0 aliphatic carbocycles. The highest BCUT2D eigenvalue weighted by atomic mass is 127. The molecule has 6 heteroatoms. The highest BCUT2D eigenvalue weighted by Gasteiger charge is 2.15. The van der Waals surface area contributed by atoms with E-state index in [-0.39, 0.29) is 0 Å². The fourth-order valence-corrected chi connectivity index (χ4v) is 3.39. The number of nitrogens with zero attached hydrogens (tertiary/aromatic N) is 3. The van der Waals surface area contributed by atoms with Gasteiger partial charge in [0.1, 0.15) is 11.5 Å². The molecule has 0 amide bonds. The Kier molecular flexibility index (Phi) is 4.16. The van der Waals surface area contributed by atoms with Crippen molar-refractivity contribution in [3.63, 3.8) is 0 Å². The van der Waals surface area contributed by atoms with Crippen molar-refractivity contribution in [2.24, 2.45) is 0 Å². The number of hydrogen-bond acceptors (Lipinski definition) is 5. The number of hydrogen-bond donors (Lipinski definition) is 1. The van der Waals surface area contributed by atoms with Gasteiger partial charge in [0.05, 0.1) is 14.3 Å². The molecule has 2 heterocycles. The Morgan fingerprint density at radius 3 is 2.48 bits per heavy atom. The molecule has 0 aliphatic rings. The molecule has 2 aromatic heterocycles. The second kappa shape index (κ2) is 6.07. The van der Waals surface area contributed by atoms with Crippen molar-refractivity contribution in [1.29, 1.82) is 0 Å². The summed E-state index contributed by atoms with van der Waals surface area (Å²) in [5.41, 5.74) is 2.83. The number of anilines is 1. The summed E-state index contributed by atoms with van der Waals surface area (Å²) in [4.78, 5) is 13.8. The molecule has 106 valence electrons. The van der Waals surface area contributed by atoms with Crippen LogP contribution < -0.4 is 5.32 Å². The van der Waals surface area contributed by atoms with E-state index in [9.17, 15) is 0 Å². The van der Waals surface area contributed by atoms with Crippen molar-refractivity contribution >= 4 is 39.7 Å². The van der Waals surface area contributed by atoms with Crippen LogP contribution in [0.25, 0.3) is 22.8 Å². The first kappa shape index (κ1) is 14.4. The quantitative estimate of drug-likeness (QED) is 0.660. The van der Waals surface area contributed by atoms with Crippen molar-refractivity contribution in [3.05, 3.63) is 44.3 Å². The van der Waals surface area contributed by atoms with E-state index >= 15 is 0 Å². The molecule has 0 radical (unpaired) electrons. The summed E-state index contributed by atoms with van der Waals surface area (Å²) in [6.45, 7) is 1.98. The highest BCUT2D eigenvalue weighted by Crippen LogP contribution is 2.30. The van der Waals surface area contributed by atoms with Crippen molar-refractivity contribution < 1.29 is 0 Å². The summed E-state index contributed by atoms with van der Waals surface area (Å²) in [7, 11) is 1.87. The third-order valence-electron chi connectivity index (χ3n) is 2.98. The van der Waals surface area contributed by atoms with Crippen molar-refractivity contribution in [2.75, 3.05) is 12.4 Å². The van der Waals surface area contributed by atoms with Gasteiger partial charge in [-0.05, 0) is 29.5 Å². The average Bonchev–Trinajstić information content (AvgIpc) is 2.95. The lowest BCUT2D eigenvalue weighted by molar-refractivity contribution is 1.13. The smallest absolute Gasteiger partial charge is 0.181 e. The fourth-order valence-electron chi connectivity index (χ4n) is 1.98. The predicted octanol–water partition coefficient (Wildman–Crippen LogP) is 4.22. The topological polar surface area (TPSA) is 50.7 Å². The maximum atomic E-state index is 4.72. The van der Waals surface area contributed by atoms with Crippen LogP contribution in [0.4, 0.5) is 5.82 Å². The van der Waals surface area contributed by atoms with Crippen LogP contribution in [0.5, 0.6) is 0 Å². The summed E-state index contributed by atoms with van der Waals surface area (Å²) in [6, 6.07) is 10.1. The van der Waals surface area contributed by atoms with Crippen molar-refractivity contribution in [1.82, 2.24) is 15.0 Å². The Morgan fingerprint density at radius 1 is 1.10 bits per heavy atom. The molecule has 0 atom stereocenters. The third kappa shape index (κ3) is 2.91. The van der Waals surface area contributed by atoms with E-state index in [0.29, 0.717) is 5.82 Å². The van der Waals surface area contributed by atoms with E-state index in [1.54, 1.807) is 11.3 Å². The average molecular weight is 408 g/mol. The summed E-state index contributed by atoms with van der Waals surface area (Å²) in [6.07, 6.45) is 0. The normalized spacial score (nSPS) is 10.6. The molecule has 1 N–H and O–H groups in total. The molecule has 3 aromatic rings. The van der Waals surface area contributed by atoms with Gasteiger partial charge in [0, 0.05) is 18.0 Å². The van der Waals surface area contributed by atoms with Gasteiger partial charge in [0.25, 0.3) is 0 Å². The van der Waals surface area contributed by atoms with Crippen molar-refractivity contribution in [2.45, 2.75) is 6.92 Å². The Morgan fingerprint density at radius 2 is 1.86 bits per heavy atom. The van der Waals surface area contributed by atoms with Crippen LogP contribution in [0.3, 0.4) is 0 Å². The van der Waals surface area contributed by atoms with Crippen LogP contribution in [0, 0.1) is 10.5 Å². The molecule has 3 rings (SSSR count). The number of aryl methyl sites for hydroxylation is 1. The van der Waals surface area contributed by atoms with Crippen molar-refractivity contribution in [3.8, 4) is 22.8 Å². The largest absolute Gasteiger partial charge is 0.372 e. The second-order valence-electron chi connectivity index (χ2n) is 4.43. The van der Waals surface area contributed by atoms with E-state index in [0.717, 1.165) is 31.3 Å². The molecule has 0 unspecified atom stereocenters. The maximum Gasteiger partial charge on any atom is 0.181 e. The molecule has 0 aliphatic heterocycles.